The zero-order chi connectivity index (χ0) is 22.0. The molecule has 2 aromatic carbocycles. The zero-order valence-corrected chi connectivity index (χ0v) is 19.3. The van der Waals surface area contributed by atoms with E-state index in [0.717, 1.165) is 36.3 Å². The number of nitrogens with one attached hydrogen (secondary N) is 1. The van der Waals surface area contributed by atoms with Crippen molar-refractivity contribution < 1.29 is 10.2 Å². The summed E-state index contributed by atoms with van der Waals surface area (Å²) < 4.78 is 0. The average molecular weight is 441 g/mol. The first-order valence-corrected chi connectivity index (χ1v) is 12.1. The van der Waals surface area contributed by atoms with Crippen LogP contribution in [0.4, 0.5) is 0 Å². The van der Waals surface area contributed by atoms with Crippen molar-refractivity contribution in [3.63, 3.8) is 0 Å². The number of rotatable bonds is 6. The van der Waals surface area contributed by atoms with Crippen LogP contribution in [-0.4, -0.2) is 56.8 Å². The van der Waals surface area contributed by atoms with E-state index in [2.05, 4.69) is 53.5 Å². The minimum atomic E-state index is -0.927. The molecule has 3 N–H and O–H groups in total. The van der Waals surface area contributed by atoms with Gasteiger partial charge in [-0.2, -0.15) is 16.9 Å². The molecule has 0 saturated carbocycles. The molecule has 31 heavy (non-hydrogen) atoms. The van der Waals surface area contributed by atoms with Gasteiger partial charge in [0.2, 0.25) is 6.35 Å². The van der Waals surface area contributed by atoms with Crippen molar-refractivity contribution >= 4 is 17.6 Å². The molecule has 0 aliphatic carbocycles. The summed E-state index contributed by atoms with van der Waals surface area (Å²) in [5.41, 5.74) is 7.99. The monoisotopic (exact) mass is 440 g/mol. The molecule has 0 amide bonds. The molecule has 4 rings (SSSR count). The molecule has 0 aromatic heterocycles. The minimum Gasteiger partial charge on any atom is -0.507 e. The first-order chi connectivity index (χ1) is 14.9. The Kier molecular flexibility index (Phi) is 6.74. The summed E-state index contributed by atoms with van der Waals surface area (Å²) in [4.78, 5) is 4.28. The third-order valence-corrected chi connectivity index (χ3v) is 6.93. The average Bonchev–Trinajstić information content (AvgIpc) is 3.10. The number of aliphatic hydroxyl groups excluding tert-OH is 1. The Morgan fingerprint density at radius 3 is 2.39 bits per heavy atom. The van der Waals surface area contributed by atoms with E-state index in [1.165, 1.54) is 17.1 Å². The maximum Gasteiger partial charge on any atom is 0.221 e. The van der Waals surface area contributed by atoms with Crippen LogP contribution in [0.5, 0.6) is 5.75 Å². The molecule has 2 heterocycles. The summed E-state index contributed by atoms with van der Waals surface area (Å²) in [6.07, 6.45) is -0.927. The summed E-state index contributed by atoms with van der Waals surface area (Å²) in [5, 5.41) is 25.4. The molecule has 1 atom stereocenters. The van der Waals surface area contributed by atoms with Gasteiger partial charge in [-0.15, -0.1) is 0 Å². The Morgan fingerprint density at radius 2 is 1.74 bits per heavy atom. The van der Waals surface area contributed by atoms with Crippen molar-refractivity contribution in [1.29, 1.82) is 0 Å². The maximum absolute atomic E-state index is 10.6. The number of nitrogens with zero attached hydrogens (tertiary/aromatic N) is 3. The van der Waals surface area contributed by atoms with Crippen LogP contribution in [0.3, 0.4) is 0 Å². The number of amidine groups is 1. The number of aliphatic hydroxyl groups is 1. The van der Waals surface area contributed by atoms with Gasteiger partial charge in [0.15, 0.2) is 5.84 Å². The smallest absolute Gasteiger partial charge is 0.221 e. The number of aryl methyl sites for hydroxylation is 1. The van der Waals surface area contributed by atoms with E-state index in [0.29, 0.717) is 23.9 Å². The van der Waals surface area contributed by atoms with Crippen LogP contribution in [-0.2, 0) is 13.1 Å². The van der Waals surface area contributed by atoms with Crippen LogP contribution in [0.15, 0.2) is 41.5 Å². The van der Waals surface area contributed by atoms with Crippen molar-refractivity contribution in [2.45, 2.75) is 46.1 Å². The molecule has 0 bridgehead atoms. The molecule has 6 nitrogen and oxygen atoms in total. The van der Waals surface area contributed by atoms with Crippen molar-refractivity contribution in [2.75, 3.05) is 24.6 Å². The van der Waals surface area contributed by atoms with Gasteiger partial charge in [-0.3, -0.25) is 10.3 Å². The predicted octanol–water partition coefficient (Wildman–Crippen LogP) is 3.42. The predicted molar refractivity (Wildman–Crippen MR) is 127 cm³/mol. The topological polar surface area (TPSA) is 71.3 Å². The van der Waals surface area contributed by atoms with Crippen molar-refractivity contribution in [3.05, 3.63) is 64.2 Å². The third kappa shape index (κ3) is 5.00. The first-order valence-electron chi connectivity index (χ1n) is 10.9. The molecule has 2 aliphatic heterocycles. The van der Waals surface area contributed by atoms with E-state index in [9.17, 15) is 10.2 Å². The van der Waals surface area contributed by atoms with Gasteiger partial charge in [0.1, 0.15) is 5.75 Å². The van der Waals surface area contributed by atoms with Gasteiger partial charge in [0, 0.05) is 37.7 Å². The van der Waals surface area contributed by atoms with Crippen LogP contribution in [0.25, 0.3) is 0 Å². The van der Waals surface area contributed by atoms with Crippen molar-refractivity contribution in [3.8, 4) is 5.75 Å². The van der Waals surface area contributed by atoms with E-state index >= 15 is 0 Å². The number of benzene rings is 2. The highest BCUT2D eigenvalue weighted by atomic mass is 32.2. The first kappa shape index (κ1) is 22.0. The lowest BCUT2D eigenvalue weighted by Gasteiger charge is -2.26. The molecular weight excluding hydrogens is 408 g/mol. The largest absolute Gasteiger partial charge is 0.507 e. The highest BCUT2D eigenvalue weighted by molar-refractivity contribution is 7.99. The Bertz CT molecular complexity index is 939. The van der Waals surface area contributed by atoms with Crippen LogP contribution in [0.2, 0.25) is 0 Å². The number of hydrogen-bond acceptors (Lipinski definition) is 7. The highest BCUT2D eigenvalue weighted by Crippen LogP contribution is 2.30. The van der Waals surface area contributed by atoms with E-state index in [-0.39, 0.29) is 5.75 Å². The number of phenolic OH excluding ortho intramolecular Hbond substituents is 1. The normalized spacial score (nSPS) is 19.6. The lowest BCUT2D eigenvalue weighted by atomic mass is 9.94. The summed E-state index contributed by atoms with van der Waals surface area (Å²) in [5.74, 6) is 3.49. The quantitative estimate of drug-likeness (QED) is 0.639. The van der Waals surface area contributed by atoms with Crippen LogP contribution >= 0.6 is 11.8 Å². The van der Waals surface area contributed by atoms with E-state index in [1.807, 2.05) is 24.8 Å². The zero-order valence-electron chi connectivity index (χ0n) is 18.5. The van der Waals surface area contributed by atoms with Gasteiger partial charge in [-0.1, -0.05) is 38.1 Å². The van der Waals surface area contributed by atoms with Gasteiger partial charge in [-0.25, -0.2) is 0 Å². The molecule has 0 spiro atoms. The van der Waals surface area contributed by atoms with E-state index in [4.69, 9.17) is 0 Å². The second kappa shape index (κ2) is 9.51. The fraction of sp³-hybridized carbons (Fsp3) is 0.458. The Balaban J connectivity index is 1.50. The van der Waals surface area contributed by atoms with Crippen LogP contribution < -0.4 is 5.43 Å². The third-order valence-electron chi connectivity index (χ3n) is 5.99. The molecule has 1 fully saturated rings. The number of thioether (sulfide) groups is 1. The Hall–Kier alpha value is -2.22. The summed E-state index contributed by atoms with van der Waals surface area (Å²) in [7, 11) is 0. The maximum atomic E-state index is 10.6. The molecule has 1 unspecified atom stereocenters. The standard InChI is InChI=1S/C24H32N4O2S/c1-16(2)20-13-21(22(29)12-17(20)3)23-25-26-24(30)28(23)15-19-6-4-18(5-7-19)14-27-8-10-31-11-9-27/h4-7,12-13,16,24,26,29-30H,8-11,14-15H2,1-3H3. The Labute approximate surface area is 189 Å². The molecular formula is C24H32N4O2S. The van der Waals surface area contributed by atoms with Crippen molar-refractivity contribution in [2.24, 2.45) is 5.10 Å². The summed E-state index contributed by atoms with van der Waals surface area (Å²) in [6.45, 7) is 10.1. The summed E-state index contributed by atoms with van der Waals surface area (Å²) >= 11 is 2.03. The Morgan fingerprint density at radius 1 is 1.10 bits per heavy atom. The summed E-state index contributed by atoms with van der Waals surface area (Å²) in [6, 6.07) is 12.3. The van der Waals surface area contributed by atoms with Crippen LogP contribution in [0, 0.1) is 6.92 Å². The second-order valence-corrected chi connectivity index (χ2v) is 9.88. The van der Waals surface area contributed by atoms with Gasteiger partial charge in [0.25, 0.3) is 0 Å². The fourth-order valence-electron chi connectivity index (χ4n) is 4.22. The molecule has 0 radical (unpaired) electrons. The SMILES string of the molecule is Cc1cc(O)c(C2=NNC(O)N2Cc2ccc(CN3CCSCC3)cc2)cc1C(C)C. The van der Waals surface area contributed by atoms with Crippen molar-refractivity contribution in [1.82, 2.24) is 15.2 Å². The molecule has 2 aromatic rings. The van der Waals surface area contributed by atoms with E-state index in [1.54, 1.807) is 11.0 Å². The van der Waals surface area contributed by atoms with E-state index < -0.39 is 6.35 Å². The van der Waals surface area contributed by atoms with Gasteiger partial charge >= 0.3 is 0 Å². The number of hydrogen-bond donors (Lipinski definition) is 3. The fourth-order valence-corrected chi connectivity index (χ4v) is 5.20. The van der Waals surface area contributed by atoms with Gasteiger partial charge in [0.05, 0.1) is 5.56 Å². The molecule has 1 saturated heterocycles. The number of phenols is 1. The highest BCUT2D eigenvalue weighted by Gasteiger charge is 2.29. The molecule has 7 heteroatoms. The second-order valence-electron chi connectivity index (χ2n) is 8.65. The van der Waals surface area contributed by atoms with Gasteiger partial charge in [-0.05, 0) is 47.2 Å². The lowest BCUT2D eigenvalue weighted by molar-refractivity contribution is 0.0372. The minimum absolute atomic E-state index is 0.177. The van der Waals surface area contributed by atoms with Crippen LogP contribution in [0.1, 0.15) is 47.6 Å². The number of aromatic hydroxyl groups is 1. The number of hydrazone groups is 1. The molecule has 166 valence electrons. The van der Waals surface area contributed by atoms with Gasteiger partial charge < -0.3 is 15.1 Å². The lowest BCUT2D eigenvalue weighted by Crippen LogP contribution is -2.39. The molecule has 2 aliphatic rings.